The summed E-state index contributed by atoms with van der Waals surface area (Å²) in [6.07, 6.45) is -0.511. The van der Waals surface area contributed by atoms with Gasteiger partial charge >= 0.3 is 0 Å². The summed E-state index contributed by atoms with van der Waals surface area (Å²) in [5.74, 6) is 0.699. The topological polar surface area (TPSA) is 29.5 Å². The third-order valence-corrected chi connectivity index (χ3v) is 3.34. The van der Waals surface area contributed by atoms with Gasteiger partial charge in [0.15, 0.2) is 0 Å². The second kappa shape index (κ2) is 6.29. The van der Waals surface area contributed by atoms with Crippen LogP contribution in [0.15, 0.2) is 42.5 Å². The molecule has 1 atom stereocenters. The van der Waals surface area contributed by atoms with Gasteiger partial charge in [-0.1, -0.05) is 41.4 Å². The molecule has 100 valence electrons. The lowest BCUT2D eigenvalue weighted by molar-refractivity contribution is 0.198. The van der Waals surface area contributed by atoms with Crippen LogP contribution in [0.5, 0.6) is 5.75 Å². The lowest BCUT2D eigenvalue weighted by Gasteiger charge is -2.10. The normalized spacial score (nSPS) is 12.2. The van der Waals surface area contributed by atoms with Crippen molar-refractivity contribution in [2.24, 2.45) is 0 Å². The van der Waals surface area contributed by atoms with Gasteiger partial charge in [0.1, 0.15) is 12.4 Å². The predicted molar refractivity (Wildman–Crippen MR) is 77.9 cm³/mol. The number of hydrogen-bond donors (Lipinski definition) is 1. The Bertz CT molecular complexity index is 568. The molecule has 0 spiro atoms. The van der Waals surface area contributed by atoms with Crippen molar-refractivity contribution in [1.29, 1.82) is 0 Å². The molecule has 0 saturated heterocycles. The third kappa shape index (κ3) is 3.87. The van der Waals surface area contributed by atoms with Gasteiger partial charge in [-0.15, -0.1) is 0 Å². The Labute approximate surface area is 122 Å². The smallest absolute Gasteiger partial charge is 0.120 e. The summed E-state index contributed by atoms with van der Waals surface area (Å²) in [5.41, 5.74) is 1.69. The highest BCUT2D eigenvalue weighted by Crippen LogP contribution is 2.24. The molecule has 0 radical (unpaired) electrons. The van der Waals surface area contributed by atoms with Crippen molar-refractivity contribution < 1.29 is 9.84 Å². The van der Waals surface area contributed by atoms with Crippen LogP contribution in [0.25, 0.3) is 0 Å². The van der Waals surface area contributed by atoms with E-state index in [1.165, 1.54) is 0 Å². The van der Waals surface area contributed by atoms with E-state index in [9.17, 15) is 5.11 Å². The van der Waals surface area contributed by atoms with Crippen LogP contribution in [0.3, 0.4) is 0 Å². The highest BCUT2D eigenvalue weighted by Gasteiger charge is 2.05. The van der Waals surface area contributed by atoms with Crippen molar-refractivity contribution in [2.75, 3.05) is 0 Å². The minimum absolute atomic E-state index is 0.360. The maximum atomic E-state index is 9.52. The van der Waals surface area contributed by atoms with Crippen LogP contribution in [0.2, 0.25) is 10.0 Å². The third-order valence-electron chi connectivity index (χ3n) is 2.75. The Hall–Kier alpha value is -1.22. The summed E-state index contributed by atoms with van der Waals surface area (Å²) in [7, 11) is 0. The van der Waals surface area contributed by atoms with Crippen molar-refractivity contribution in [3.05, 3.63) is 63.6 Å². The first-order valence-electron chi connectivity index (χ1n) is 5.91. The van der Waals surface area contributed by atoms with Crippen molar-refractivity contribution in [2.45, 2.75) is 19.6 Å². The lowest BCUT2D eigenvalue weighted by atomic mass is 10.1. The molecule has 0 amide bonds. The minimum Gasteiger partial charge on any atom is -0.489 e. The Kier molecular flexibility index (Phi) is 4.70. The molecule has 1 N–H and O–H groups in total. The monoisotopic (exact) mass is 296 g/mol. The fraction of sp³-hybridized carbons (Fsp3) is 0.200. The average molecular weight is 297 g/mol. The molecule has 0 aliphatic carbocycles. The van der Waals surface area contributed by atoms with Gasteiger partial charge in [0.2, 0.25) is 0 Å². The highest BCUT2D eigenvalue weighted by atomic mass is 35.5. The predicted octanol–water partition coefficient (Wildman–Crippen LogP) is 4.63. The zero-order valence-electron chi connectivity index (χ0n) is 10.4. The second-order valence-electron chi connectivity index (χ2n) is 4.27. The molecular formula is C15H14Cl2O2. The Morgan fingerprint density at radius 3 is 2.63 bits per heavy atom. The fourth-order valence-corrected chi connectivity index (χ4v) is 2.13. The van der Waals surface area contributed by atoms with E-state index in [1.54, 1.807) is 19.1 Å². The molecule has 2 aromatic rings. The first kappa shape index (κ1) is 14.2. The fourth-order valence-electron chi connectivity index (χ4n) is 1.66. The number of hydrogen-bond acceptors (Lipinski definition) is 2. The Balaban J connectivity index is 2.08. The Morgan fingerprint density at radius 1 is 1.16 bits per heavy atom. The van der Waals surface area contributed by atoms with E-state index < -0.39 is 6.10 Å². The Morgan fingerprint density at radius 2 is 1.95 bits per heavy atom. The number of aliphatic hydroxyl groups excluding tert-OH is 1. The molecule has 4 heteroatoms. The van der Waals surface area contributed by atoms with Crippen LogP contribution in [-0.2, 0) is 6.61 Å². The van der Waals surface area contributed by atoms with E-state index in [0.29, 0.717) is 22.4 Å². The van der Waals surface area contributed by atoms with Gasteiger partial charge in [-0.05, 0) is 36.8 Å². The van der Waals surface area contributed by atoms with E-state index in [-0.39, 0.29) is 0 Å². The number of rotatable bonds is 4. The van der Waals surface area contributed by atoms with Crippen LogP contribution >= 0.6 is 23.2 Å². The van der Waals surface area contributed by atoms with Gasteiger partial charge < -0.3 is 9.84 Å². The maximum Gasteiger partial charge on any atom is 0.120 e. The minimum atomic E-state index is -0.511. The van der Waals surface area contributed by atoms with Crippen molar-refractivity contribution in [3.8, 4) is 5.75 Å². The van der Waals surface area contributed by atoms with Gasteiger partial charge in [-0.3, -0.25) is 0 Å². The van der Waals surface area contributed by atoms with E-state index in [0.717, 1.165) is 11.1 Å². The highest BCUT2D eigenvalue weighted by molar-refractivity contribution is 6.35. The molecule has 19 heavy (non-hydrogen) atoms. The van der Waals surface area contributed by atoms with Crippen molar-refractivity contribution in [1.82, 2.24) is 0 Å². The van der Waals surface area contributed by atoms with Gasteiger partial charge in [0.05, 0.1) is 6.10 Å². The molecule has 0 fully saturated rings. The SMILES string of the molecule is C[C@@H](O)c1cccc(OCc2ccc(Cl)cc2Cl)c1. The molecule has 0 aliphatic rings. The maximum absolute atomic E-state index is 9.52. The average Bonchev–Trinajstić information content (AvgIpc) is 2.38. The summed E-state index contributed by atoms with van der Waals surface area (Å²) < 4.78 is 5.66. The summed E-state index contributed by atoms with van der Waals surface area (Å²) in [5, 5.41) is 10.7. The van der Waals surface area contributed by atoms with Crippen LogP contribution in [-0.4, -0.2) is 5.11 Å². The van der Waals surface area contributed by atoms with E-state index in [1.807, 2.05) is 30.3 Å². The van der Waals surface area contributed by atoms with Crippen molar-refractivity contribution >= 4 is 23.2 Å². The molecule has 2 nitrogen and oxygen atoms in total. The quantitative estimate of drug-likeness (QED) is 0.891. The largest absolute Gasteiger partial charge is 0.489 e. The molecule has 2 aromatic carbocycles. The molecule has 0 unspecified atom stereocenters. The van der Waals surface area contributed by atoms with Gasteiger partial charge in [0, 0.05) is 15.6 Å². The van der Waals surface area contributed by atoms with Crippen LogP contribution < -0.4 is 4.74 Å². The number of halogens is 2. The number of benzene rings is 2. The standard InChI is InChI=1S/C15H14Cl2O2/c1-10(18)11-3-2-4-14(7-11)19-9-12-5-6-13(16)8-15(12)17/h2-8,10,18H,9H2,1H3/t10-/m1/s1. The zero-order chi connectivity index (χ0) is 13.8. The molecule has 0 aliphatic heterocycles. The lowest BCUT2D eigenvalue weighted by Crippen LogP contribution is -1.98. The molecule has 0 aromatic heterocycles. The summed E-state index contributed by atoms with van der Waals surface area (Å²) in [6, 6.07) is 12.7. The summed E-state index contributed by atoms with van der Waals surface area (Å²) >= 11 is 11.9. The van der Waals surface area contributed by atoms with Crippen LogP contribution in [0.1, 0.15) is 24.2 Å². The molecule has 0 bridgehead atoms. The van der Waals surface area contributed by atoms with Crippen LogP contribution in [0.4, 0.5) is 0 Å². The van der Waals surface area contributed by atoms with Gasteiger partial charge in [-0.25, -0.2) is 0 Å². The summed E-state index contributed by atoms with van der Waals surface area (Å²) in [6.45, 7) is 2.08. The number of ether oxygens (including phenoxy) is 1. The number of aliphatic hydroxyl groups is 1. The van der Waals surface area contributed by atoms with E-state index in [2.05, 4.69) is 0 Å². The molecular weight excluding hydrogens is 283 g/mol. The van der Waals surface area contributed by atoms with Gasteiger partial charge in [-0.2, -0.15) is 0 Å². The van der Waals surface area contributed by atoms with Gasteiger partial charge in [0.25, 0.3) is 0 Å². The van der Waals surface area contributed by atoms with E-state index in [4.69, 9.17) is 27.9 Å². The molecule has 0 saturated carbocycles. The second-order valence-corrected chi connectivity index (χ2v) is 5.12. The first-order chi connectivity index (χ1) is 9.06. The first-order valence-corrected chi connectivity index (χ1v) is 6.66. The molecule has 0 heterocycles. The van der Waals surface area contributed by atoms with E-state index >= 15 is 0 Å². The summed E-state index contributed by atoms with van der Waals surface area (Å²) in [4.78, 5) is 0. The van der Waals surface area contributed by atoms with Crippen molar-refractivity contribution in [3.63, 3.8) is 0 Å². The zero-order valence-corrected chi connectivity index (χ0v) is 11.9. The molecule has 2 rings (SSSR count). The van der Waals surface area contributed by atoms with Crippen LogP contribution in [0, 0.1) is 0 Å².